The first-order chi connectivity index (χ1) is 11.8. The van der Waals surface area contributed by atoms with Crippen LogP contribution in [0.15, 0.2) is 12.1 Å². The highest BCUT2D eigenvalue weighted by Crippen LogP contribution is 2.32. The molecule has 134 valence electrons. The van der Waals surface area contributed by atoms with Crippen LogP contribution in [0.5, 0.6) is 0 Å². The number of nitrogens with two attached hydrogens (primary N) is 1. The van der Waals surface area contributed by atoms with Gasteiger partial charge >= 0.3 is 12.2 Å². The molecule has 3 rings (SSSR count). The maximum absolute atomic E-state index is 14.4. The first kappa shape index (κ1) is 17.5. The molecule has 0 aliphatic carbocycles. The molecule has 2 N–H and O–H groups in total. The van der Waals surface area contributed by atoms with Crippen LogP contribution < -0.4 is 15.5 Å². The molecule has 0 bridgehead atoms. The Balaban J connectivity index is 1.88. The first-order valence-electron chi connectivity index (χ1n) is 7.47. The molecule has 1 unspecified atom stereocenters. The Labute approximate surface area is 147 Å². The molecule has 0 saturated carbocycles. The number of anilines is 2. The highest BCUT2D eigenvalue weighted by Gasteiger charge is 2.38. The number of nitrogens with zero attached hydrogens (tertiary/aromatic N) is 2. The van der Waals surface area contributed by atoms with Crippen molar-refractivity contribution in [1.29, 1.82) is 0 Å². The minimum Gasteiger partial charge on any atom is -0.447 e. The van der Waals surface area contributed by atoms with E-state index in [0.717, 1.165) is 21.9 Å². The fraction of sp³-hybridized carbons (Fsp3) is 0.400. The number of carbonyl (C=O) groups excluding carboxylic acids is 2. The molecule has 25 heavy (non-hydrogen) atoms. The zero-order valence-electron chi connectivity index (χ0n) is 13.2. The van der Waals surface area contributed by atoms with Gasteiger partial charge in [0.1, 0.15) is 18.4 Å². The van der Waals surface area contributed by atoms with Crippen LogP contribution in [0.1, 0.15) is 6.92 Å². The number of benzene rings is 1. The molecule has 2 saturated heterocycles. The van der Waals surface area contributed by atoms with Gasteiger partial charge < -0.3 is 15.2 Å². The Morgan fingerprint density at radius 1 is 1.28 bits per heavy atom. The van der Waals surface area contributed by atoms with E-state index in [0.29, 0.717) is 4.86 Å². The molecule has 2 aliphatic heterocycles. The molecule has 7 nitrogen and oxygen atoms in total. The van der Waals surface area contributed by atoms with Crippen molar-refractivity contribution in [2.75, 3.05) is 29.5 Å². The summed E-state index contributed by atoms with van der Waals surface area (Å²) in [6.45, 7) is 1.73. The molecular formula is C15H15F2N3O4S. The fourth-order valence-electron chi connectivity index (χ4n) is 2.71. The predicted octanol–water partition coefficient (Wildman–Crippen LogP) is 1.96. The number of cyclic esters (lactones) is 2. The van der Waals surface area contributed by atoms with E-state index in [1.807, 2.05) is 0 Å². The third kappa shape index (κ3) is 3.14. The minimum atomic E-state index is -0.986. The SMILES string of the molecule is CC(=S)C(N)[C@@H]1CN(c2cc(F)c(N3CCOC3=O)c(F)c2)C(=O)O1. The van der Waals surface area contributed by atoms with Crippen LogP contribution in [0.4, 0.5) is 29.7 Å². The number of thiocarbonyl (C=S) groups is 1. The number of hydrogen-bond acceptors (Lipinski definition) is 6. The van der Waals surface area contributed by atoms with Crippen LogP contribution in [-0.4, -0.2) is 48.9 Å². The van der Waals surface area contributed by atoms with Gasteiger partial charge in [-0.25, -0.2) is 18.4 Å². The summed E-state index contributed by atoms with van der Waals surface area (Å²) in [4.78, 5) is 25.9. The van der Waals surface area contributed by atoms with E-state index in [1.54, 1.807) is 6.92 Å². The maximum Gasteiger partial charge on any atom is 0.414 e. The lowest BCUT2D eigenvalue weighted by atomic mass is 10.1. The molecule has 0 radical (unpaired) electrons. The average Bonchev–Trinajstić information content (AvgIpc) is 3.12. The second-order valence-corrected chi connectivity index (χ2v) is 6.34. The van der Waals surface area contributed by atoms with Gasteiger partial charge in [0, 0.05) is 17.0 Å². The van der Waals surface area contributed by atoms with Crippen LogP contribution in [0.25, 0.3) is 0 Å². The first-order valence-corrected chi connectivity index (χ1v) is 7.88. The lowest BCUT2D eigenvalue weighted by molar-refractivity contribution is 0.138. The predicted molar refractivity (Wildman–Crippen MR) is 88.9 cm³/mol. The average molecular weight is 371 g/mol. The van der Waals surface area contributed by atoms with E-state index in [-0.39, 0.29) is 25.4 Å². The van der Waals surface area contributed by atoms with Gasteiger partial charge in [-0.1, -0.05) is 12.2 Å². The van der Waals surface area contributed by atoms with Crippen molar-refractivity contribution in [3.63, 3.8) is 0 Å². The van der Waals surface area contributed by atoms with E-state index < -0.39 is 41.7 Å². The summed E-state index contributed by atoms with van der Waals surface area (Å²) in [5.41, 5.74) is 5.31. The summed E-state index contributed by atoms with van der Waals surface area (Å²) in [6.07, 6.45) is -2.30. The zero-order valence-corrected chi connectivity index (χ0v) is 14.0. The topological polar surface area (TPSA) is 85.1 Å². The Morgan fingerprint density at radius 3 is 2.44 bits per heavy atom. The smallest absolute Gasteiger partial charge is 0.414 e. The summed E-state index contributed by atoms with van der Waals surface area (Å²) >= 11 is 4.98. The highest BCUT2D eigenvalue weighted by atomic mass is 32.1. The van der Waals surface area contributed by atoms with Crippen molar-refractivity contribution in [1.82, 2.24) is 0 Å². The van der Waals surface area contributed by atoms with Crippen LogP contribution in [0.3, 0.4) is 0 Å². The summed E-state index contributed by atoms with van der Waals surface area (Å²) in [7, 11) is 0. The van der Waals surface area contributed by atoms with Crippen LogP contribution in [-0.2, 0) is 9.47 Å². The normalized spacial score (nSPS) is 21.4. The molecule has 2 amide bonds. The van der Waals surface area contributed by atoms with Gasteiger partial charge in [0.2, 0.25) is 0 Å². The van der Waals surface area contributed by atoms with E-state index in [2.05, 4.69) is 4.74 Å². The quantitative estimate of drug-likeness (QED) is 0.815. The largest absolute Gasteiger partial charge is 0.447 e. The van der Waals surface area contributed by atoms with Crippen LogP contribution in [0, 0.1) is 11.6 Å². The van der Waals surface area contributed by atoms with Crippen molar-refractivity contribution >= 4 is 40.6 Å². The lowest BCUT2D eigenvalue weighted by Crippen LogP contribution is -2.42. The number of carbonyl (C=O) groups is 2. The standard InChI is InChI=1S/C15H15F2N3O4S/c1-7(25)12(18)11-6-20(15(22)24-11)8-4-9(16)13(10(17)5-8)19-2-3-23-14(19)21/h4-5,11-12H,2-3,6,18H2,1H3/t11-,12?/m0/s1. The molecule has 2 fully saturated rings. The van der Waals surface area contributed by atoms with E-state index in [9.17, 15) is 18.4 Å². The van der Waals surface area contributed by atoms with Gasteiger partial charge in [-0.3, -0.25) is 9.80 Å². The summed E-state index contributed by atoms with van der Waals surface area (Å²) in [5.74, 6) is -1.97. The lowest BCUT2D eigenvalue weighted by Gasteiger charge is -2.19. The van der Waals surface area contributed by atoms with Crippen molar-refractivity contribution < 1.29 is 27.8 Å². The Morgan fingerprint density at radius 2 is 1.92 bits per heavy atom. The molecule has 1 aromatic carbocycles. The van der Waals surface area contributed by atoms with Crippen molar-refractivity contribution in [3.05, 3.63) is 23.8 Å². The van der Waals surface area contributed by atoms with Gasteiger partial charge in [-0.05, 0) is 6.92 Å². The fourth-order valence-corrected chi connectivity index (χ4v) is 2.86. The van der Waals surface area contributed by atoms with Gasteiger partial charge in [-0.2, -0.15) is 0 Å². The van der Waals surface area contributed by atoms with Crippen molar-refractivity contribution in [2.24, 2.45) is 5.73 Å². The molecule has 2 heterocycles. The summed E-state index contributed by atoms with van der Waals surface area (Å²) < 4.78 is 38.6. The summed E-state index contributed by atoms with van der Waals surface area (Å²) in [5, 5.41) is 0. The van der Waals surface area contributed by atoms with Gasteiger partial charge in [0.15, 0.2) is 11.6 Å². The number of rotatable bonds is 4. The molecule has 10 heteroatoms. The van der Waals surface area contributed by atoms with Crippen molar-refractivity contribution in [3.8, 4) is 0 Å². The number of halogens is 2. The molecule has 0 spiro atoms. The Bertz CT molecular complexity index is 737. The van der Waals surface area contributed by atoms with Crippen LogP contribution in [0.2, 0.25) is 0 Å². The molecule has 0 aromatic heterocycles. The third-order valence-corrected chi connectivity index (χ3v) is 4.32. The van der Waals surface area contributed by atoms with Gasteiger partial charge in [-0.15, -0.1) is 0 Å². The van der Waals surface area contributed by atoms with E-state index in [1.165, 1.54) is 0 Å². The molecule has 1 aromatic rings. The molecule has 2 aliphatic rings. The van der Waals surface area contributed by atoms with Crippen LogP contribution >= 0.6 is 12.2 Å². The van der Waals surface area contributed by atoms with Gasteiger partial charge in [0.05, 0.1) is 24.8 Å². The Hall–Kier alpha value is -2.33. The zero-order chi connectivity index (χ0) is 18.3. The monoisotopic (exact) mass is 371 g/mol. The van der Waals surface area contributed by atoms with Gasteiger partial charge in [0.25, 0.3) is 0 Å². The third-order valence-electron chi connectivity index (χ3n) is 4.05. The van der Waals surface area contributed by atoms with E-state index in [4.69, 9.17) is 22.7 Å². The second kappa shape index (κ2) is 6.52. The minimum absolute atomic E-state index is 0.0119. The number of ether oxygens (including phenoxy) is 2. The number of hydrogen-bond donors (Lipinski definition) is 1. The highest BCUT2D eigenvalue weighted by molar-refractivity contribution is 7.80. The Kier molecular flexibility index (Phi) is 4.56. The number of amides is 2. The maximum atomic E-state index is 14.4. The summed E-state index contributed by atoms with van der Waals surface area (Å²) in [6, 6.07) is 1.27. The molecule has 2 atom stereocenters. The molecular weight excluding hydrogens is 356 g/mol. The second-order valence-electron chi connectivity index (χ2n) is 5.69. The van der Waals surface area contributed by atoms with Crippen molar-refractivity contribution in [2.45, 2.75) is 19.1 Å². The van der Waals surface area contributed by atoms with E-state index >= 15 is 0 Å².